The van der Waals surface area contributed by atoms with Crippen molar-refractivity contribution >= 4 is 15.7 Å². The van der Waals surface area contributed by atoms with Gasteiger partial charge in [0.1, 0.15) is 12.4 Å². The van der Waals surface area contributed by atoms with E-state index in [9.17, 15) is 21.6 Å². The Kier molecular flexibility index (Phi) is 6.98. The van der Waals surface area contributed by atoms with Crippen LogP contribution in [-0.2, 0) is 19.6 Å². The molecule has 0 bridgehead atoms. The van der Waals surface area contributed by atoms with Gasteiger partial charge in [0.25, 0.3) is 0 Å². The highest BCUT2D eigenvalue weighted by Crippen LogP contribution is 2.26. The third-order valence-electron chi connectivity index (χ3n) is 4.46. The maximum atomic E-state index is 12.7. The molecule has 2 heterocycles. The molecule has 2 aliphatic rings. The summed E-state index contributed by atoms with van der Waals surface area (Å²) in [5.41, 5.74) is 0.766. The number of hydrogen-bond acceptors (Lipinski definition) is 7. The molecule has 29 heavy (non-hydrogen) atoms. The van der Waals surface area contributed by atoms with Crippen LogP contribution in [0.1, 0.15) is 12.8 Å². The highest BCUT2D eigenvalue weighted by molar-refractivity contribution is 7.89. The summed E-state index contributed by atoms with van der Waals surface area (Å²) in [5, 5.41) is 7.33. The molecule has 0 unspecified atom stereocenters. The van der Waals surface area contributed by atoms with Crippen LogP contribution in [0.5, 0.6) is 5.75 Å². The first kappa shape index (κ1) is 21.8. The number of morpholine rings is 1. The molecule has 3 rings (SSSR count). The Morgan fingerprint density at radius 2 is 1.90 bits per heavy atom. The average Bonchev–Trinajstić information content (AvgIpc) is 2.68. The smallest absolute Gasteiger partial charge is 0.406 e. The van der Waals surface area contributed by atoms with E-state index in [1.165, 1.54) is 4.31 Å². The molecule has 0 amide bonds. The second-order valence-corrected chi connectivity index (χ2v) is 8.54. The quantitative estimate of drug-likeness (QED) is 0.682. The maximum Gasteiger partial charge on any atom is 0.573 e. The van der Waals surface area contributed by atoms with Crippen molar-refractivity contribution in [3.63, 3.8) is 0 Å². The lowest BCUT2D eigenvalue weighted by Gasteiger charge is -2.27. The summed E-state index contributed by atoms with van der Waals surface area (Å²) in [6, 6.07) is 4.24. The highest BCUT2D eigenvalue weighted by atomic mass is 32.2. The number of oxime groups is 1. The van der Waals surface area contributed by atoms with E-state index in [4.69, 9.17) is 9.57 Å². The van der Waals surface area contributed by atoms with Gasteiger partial charge in [-0.15, -0.1) is 13.2 Å². The van der Waals surface area contributed by atoms with Crippen LogP contribution in [0.3, 0.4) is 0 Å². The van der Waals surface area contributed by atoms with Crippen molar-refractivity contribution in [2.45, 2.75) is 30.1 Å². The largest absolute Gasteiger partial charge is 0.573 e. The number of alkyl halides is 3. The lowest BCUT2D eigenvalue weighted by atomic mass is 10.1. The first-order chi connectivity index (χ1) is 13.7. The van der Waals surface area contributed by atoms with Gasteiger partial charge in [-0.05, 0) is 24.3 Å². The number of sulfonamides is 1. The third-order valence-corrected chi connectivity index (χ3v) is 6.38. The second kappa shape index (κ2) is 9.28. The number of ether oxygens (including phenoxy) is 2. The summed E-state index contributed by atoms with van der Waals surface area (Å²) >= 11 is 0. The zero-order valence-corrected chi connectivity index (χ0v) is 16.3. The lowest BCUT2D eigenvalue weighted by Crippen LogP contribution is -2.44. The normalized spacial score (nSPS) is 21.6. The molecule has 8 nitrogen and oxygen atoms in total. The summed E-state index contributed by atoms with van der Waals surface area (Å²) in [5.74, 6) is -0.473. The van der Waals surface area contributed by atoms with Crippen LogP contribution >= 0.6 is 0 Å². The minimum absolute atomic E-state index is 0.0814. The molecule has 1 aromatic carbocycles. The molecule has 0 aliphatic carbocycles. The molecule has 1 aromatic rings. The third kappa shape index (κ3) is 6.29. The molecule has 162 valence electrons. The minimum atomic E-state index is -4.83. The van der Waals surface area contributed by atoms with Crippen molar-refractivity contribution in [1.82, 2.24) is 9.62 Å². The first-order valence-electron chi connectivity index (χ1n) is 9.09. The van der Waals surface area contributed by atoms with Crippen LogP contribution < -0.4 is 10.1 Å². The van der Waals surface area contributed by atoms with Gasteiger partial charge in [-0.3, -0.25) is 0 Å². The Hall–Kier alpha value is -1.89. The van der Waals surface area contributed by atoms with Crippen LogP contribution in [-0.4, -0.2) is 70.3 Å². The Balaban J connectivity index is 1.51. The van der Waals surface area contributed by atoms with E-state index < -0.39 is 22.1 Å². The van der Waals surface area contributed by atoms with E-state index in [0.717, 1.165) is 36.5 Å². The predicted octanol–water partition coefficient (Wildman–Crippen LogP) is 1.73. The van der Waals surface area contributed by atoms with Crippen molar-refractivity contribution in [2.24, 2.45) is 5.16 Å². The monoisotopic (exact) mass is 437 g/mol. The molecule has 12 heteroatoms. The van der Waals surface area contributed by atoms with E-state index in [2.05, 4.69) is 15.2 Å². The van der Waals surface area contributed by atoms with Crippen molar-refractivity contribution in [3.05, 3.63) is 24.3 Å². The highest BCUT2D eigenvalue weighted by Gasteiger charge is 2.32. The van der Waals surface area contributed by atoms with E-state index in [-0.39, 0.29) is 24.0 Å². The van der Waals surface area contributed by atoms with E-state index in [0.29, 0.717) is 32.7 Å². The summed E-state index contributed by atoms with van der Waals surface area (Å²) < 4.78 is 72.4. The number of hydrogen-bond donors (Lipinski definition) is 1. The molecular weight excluding hydrogens is 415 g/mol. The van der Waals surface area contributed by atoms with Gasteiger partial charge in [-0.1, -0.05) is 5.16 Å². The zero-order chi connectivity index (χ0) is 20.9. The Bertz CT molecular complexity index is 799. The van der Waals surface area contributed by atoms with Crippen LogP contribution in [0.2, 0.25) is 0 Å². The average molecular weight is 437 g/mol. The van der Waals surface area contributed by atoms with Gasteiger partial charge in [0.15, 0.2) is 0 Å². The van der Waals surface area contributed by atoms with Crippen LogP contribution in [0.4, 0.5) is 13.2 Å². The van der Waals surface area contributed by atoms with Crippen LogP contribution in [0, 0.1) is 0 Å². The van der Waals surface area contributed by atoms with Gasteiger partial charge in [-0.25, -0.2) is 8.42 Å². The van der Waals surface area contributed by atoms with Gasteiger partial charge >= 0.3 is 6.36 Å². The SMILES string of the molecule is O=S(=O)(c1ccc(OC(F)(F)F)cc1)N1CCC(=NOC[C@@H]2COCCN2)CC1. The van der Waals surface area contributed by atoms with Crippen molar-refractivity contribution in [1.29, 1.82) is 0 Å². The minimum Gasteiger partial charge on any atom is -0.406 e. The lowest BCUT2D eigenvalue weighted by molar-refractivity contribution is -0.274. The van der Waals surface area contributed by atoms with Gasteiger partial charge in [0, 0.05) is 32.5 Å². The Morgan fingerprint density at radius 1 is 1.21 bits per heavy atom. The van der Waals surface area contributed by atoms with Crippen LogP contribution in [0.25, 0.3) is 0 Å². The number of piperidine rings is 1. The number of rotatable bonds is 6. The fourth-order valence-corrected chi connectivity index (χ4v) is 4.43. The zero-order valence-electron chi connectivity index (χ0n) is 15.5. The van der Waals surface area contributed by atoms with Gasteiger partial charge in [-0.2, -0.15) is 4.31 Å². The summed E-state index contributed by atoms with van der Waals surface area (Å²) in [7, 11) is -3.81. The molecule has 2 aliphatic heterocycles. The maximum absolute atomic E-state index is 12.7. The topological polar surface area (TPSA) is 89.5 Å². The number of benzene rings is 1. The van der Waals surface area contributed by atoms with Crippen molar-refractivity contribution in [3.8, 4) is 5.75 Å². The molecule has 1 atom stereocenters. The number of nitrogens with one attached hydrogen (secondary N) is 1. The fraction of sp³-hybridized carbons (Fsp3) is 0.588. The van der Waals surface area contributed by atoms with Gasteiger partial charge in [0.2, 0.25) is 10.0 Å². The van der Waals surface area contributed by atoms with Gasteiger partial charge in [0.05, 0.1) is 29.9 Å². The molecule has 2 fully saturated rings. The summed E-state index contributed by atoms with van der Waals surface area (Å²) in [4.78, 5) is 5.25. The predicted molar refractivity (Wildman–Crippen MR) is 97.1 cm³/mol. The number of nitrogens with zero attached hydrogens (tertiary/aromatic N) is 2. The summed E-state index contributed by atoms with van der Waals surface area (Å²) in [6.07, 6.45) is -3.99. The molecule has 0 saturated carbocycles. The second-order valence-electron chi connectivity index (χ2n) is 6.60. The summed E-state index contributed by atoms with van der Waals surface area (Å²) in [6.45, 7) is 2.81. The van der Waals surface area contributed by atoms with E-state index >= 15 is 0 Å². The molecule has 1 N–H and O–H groups in total. The first-order valence-corrected chi connectivity index (χ1v) is 10.5. The molecular formula is C17H22F3N3O5S. The Morgan fingerprint density at radius 3 is 2.48 bits per heavy atom. The van der Waals surface area contributed by atoms with E-state index in [1.54, 1.807) is 0 Å². The molecule has 0 aromatic heterocycles. The standard InChI is InChI=1S/C17H22F3N3O5S/c18-17(19,20)28-15-1-3-16(4-2-15)29(24,25)23-8-5-13(6-9-23)22-27-12-14-11-26-10-7-21-14/h1-4,14,21H,5-12H2/t14-/m0/s1. The molecule has 0 radical (unpaired) electrons. The van der Waals surface area contributed by atoms with E-state index in [1.807, 2.05) is 0 Å². The number of halogens is 3. The van der Waals surface area contributed by atoms with Crippen molar-refractivity contribution in [2.75, 3.05) is 39.5 Å². The van der Waals surface area contributed by atoms with Gasteiger partial charge < -0.3 is 19.6 Å². The Labute approximate surface area is 166 Å². The molecule has 0 spiro atoms. The van der Waals surface area contributed by atoms with Crippen molar-refractivity contribution < 1.29 is 35.9 Å². The van der Waals surface area contributed by atoms with Crippen LogP contribution in [0.15, 0.2) is 34.3 Å². The fourth-order valence-electron chi connectivity index (χ4n) is 2.98. The molecule has 2 saturated heterocycles.